The van der Waals surface area contributed by atoms with Crippen molar-refractivity contribution >= 4 is 49.7 Å². The largest absolute Gasteiger partial charge is 0.298 e. The molecule has 2 aromatic carbocycles. The van der Waals surface area contributed by atoms with Crippen molar-refractivity contribution in [2.24, 2.45) is 0 Å². The van der Waals surface area contributed by atoms with E-state index in [2.05, 4.69) is 10.3 Å². The summed E-state index contributed by atoms with van der Waals surface area (Å²) in [6.07, 6.45) is 1.65. The summed E-state index contributed by atoms with van der Waals surface area (Å²) in [6, 6.07) is 12.4. The summed E-state index contributed by atoms with van der Waals surface area (Å²) < 4.78 is 27.0. The molecule has 0 unspecified atom stereocenters. The molecule has 1 heterocycles. The van der Waals surface area contributed by atoms with Gasteiger partial charge in [0.2, 0.25) is 0 Å². The van der Waals surface area contributed by atoms with Gasteiger partial charge in [0.1, 0.15) is 0 Å². The number of sulfonamides is 1. The number of hydrogen-bond donors (Lipinski definition) is 1. The monoisotopic (exact) mass is 421 g/mol. The number of thiazole rings is 1. The zero-order chi connectivity index (χ0) is 19.6. The molecule has 0 aliphatic rings. The van der Waals surface area contributed by atoms with E-state index in [4.69, 9.17) is 11.6 Å². The van der Waals surface area contributed by atoms with Crippen molar-refractivity contribution in [2.45, 2.75) is 11.8 Å². The van der Waals surface area contributed by atoms with Crippen molar-refractivity contribution in [1.29, 1.82) is 0 Å². The molecule has 140 valence electrons. The highest BCUT2D eigenvalue weighted by atomic mass is 35.5. The minimum atomic E-state index is -3.85. The Morgan fingerprint density at radius 1 is 1.19 bits per heavy atom. The molecule has 0 spiro atoms. The fraction of sp³-hybridized carbons (Fsp3) is 0.111. The summed E-state index contributed by atoms with van der Waals surface area (Å²) in [7, 11) is -2.42. The van der Waals surface area contributed by atoms with Crippen LogP contribution in [0.4, 0.5) is 10.8 Å². The van der Waals surface area contributed by atoms with Gasteiger partial charge in [-0.3, -0.25) is 14.4 Å². The number of rotatable bonds is 5. The standard InChI is InChI=1S/C18H16ClN3O3S2/c1-12-11-20-18(26-12)21-17(23)13-5-3-8-16(9-13)27(24,25)22(2)15-7-4-6-14(19)10-15/h3-11H,1-2H3,(H,20,21,23). The molecular weight excluding hydrogens is 406 g/mol. The van der Waals surface area contributed by atoms with Crippen LogP contribution in [0.2, 0.25) is 5.02 Å². The Kier molecular flexibility index (Phi) is 5.50. The number of amides is 1. The lowest BCUT2D eigenvalue weighted by Crippen LogP contribution is -2.26. The summed E-state index contributed by atoms with van der Waals surface area (Å²) in [5.41, 5.74) is 0.652. The van der Waals surface area contributed by atoms with E-state index in [1.807, 2.05) is 6.92 Å². The van der Waals surface area contributed by atoms with E-state index in [-0.39, 0.29) is 10.5 Å². The van der Waals surface area contributed by atoms with E-state index >= 15 is 0 Å². The topological polar surface area (TPSA) is 79.4 Å². The molecule has 3 aromatic rings. The predicted molar refractivity (Wildman–Crippen MR) is 108 cm³/mol. The summed E-state index contributed by atoms with van der Waals surface area (Å²) >= 11 is 7.29. The lowest BCUT2D eigenvalue weighted by Gasteiger charge is -2.20. The molecule has 0 atom stereocenters. The van der Waals surface area contributed by atoms with Crippen LogP contribution in [0, 0.1) is 6.92 Å². The van der Waals surface area contributed by atoms with Crippen LogP contribution in [-0.2, 0) is 10.0 Å². The highest BCUT2D eigenvalue weighted by Gasteiger charge is 2.23. The zero-order valence-corrected chi connectivity index (χ0v) is 16.9. The van der Waals surface area contributed by atoms with E-state index in [0.29, 0.717) is 15.8 Å². The molecule has 27 heavy (non-hydrogen) atoms. The first-order valence-corrected chi connectivity index (χ1v) is 10.5. The molecule has 0 fully saturated rings. The minimum Gasteiger partial charge on any atom is -0.298 e. The third-order valence-electron chi connectivity index (χ3n) is 3.77. The molecule has 1 amide bonds. The Bertz CT molecular complexity index is 1100. The minimum absolute atomic E-state index is 0.00736. The Balaban J connectivity index is 1.88. The lowest BCUT2D eigenvalue weighted by molar-refractivity contribution is 0.102. The number of halogens is 1. The SMILES string of the molecule is Cc1cnc(NC(=O)c2cccc(S(=O)(=O)N(C)c3cccc(Cl)c3)c2)s1. The smallest absolute Gasteiger partial charge is 0.264 e. The Labute approximate surface area is 166 Å². The maximum atomic E-state index is 12.9. The second-order valence-electron chi connectivity index (χ2n) is 5.71. The molecule has 0 aliphatic heterocycles. The lowest BCUT2D eigenvalue weighted by atomic mass is 10.2. The van der Waals surface area contributed by atoms with E-state index < -0.39 is 15.9 Å². The number of hydrogen-bond acceptors (Lipinski definition) is 5. The van der Waals surface area contributed by atoms with E-state index in [0.717, 1.165) is 9.18 Å². The number of benzene rings is 2. The van der Waals surface area contributed by atoms with Crippen LogP contribution in [0.5, 0.6) is 0 Å². The van der Waals surface area contributed by atoms with Gasteiger partial charge in [0.25, 0.3) is 15.9 Å². The fourth-order valence-electron chi connectivity index (χ4n) is 2.35. The highest BCUT2D eigenvalue weighted by Crippen LogP contribution is 2.25. The summed E-state index contributed by atoms with van der Waals surface area (Å²) in [4.78, 5) is 17.5. The van der Waals surface area contributed by atoms with Gasteiger partial charge in [-0.25, -0.2) is 13.4 Å². The maximum Gasteiger partial charge on any atom is 0.264 e. The first-order chi connectivity index (χ1) is 12.8. The summed E-state index contributed by atoms with van der Waals surface area (Å²) in [5.74, 6) is -0.424. The third kappa shape index (κ3) is 4.29. The number of anilines is 2. The Morgan fingerprint density at radius 2 is 1.93 bits per heavy atom. The quantitative estimate of drug-likeness (QED) is 0.670. The van der Waals surface area contributed by atoms with Gasteiger partial charge in [0.05, 0.1) is 10.6 Å². The number of aromatic nitrogens is 1. The van der Waals surface area contributed by atoms with Crippen molar-refractivity contribution in [3.8, 4) is 0 Å². The fourth-order valence-corrected chi connectivity index (χ4v) is 4.43. The van der Waals surface area contributed by atoms with Gasteiger partial charge in [-0.05, 0) is 43.3 Å². The summed E-state index contributed by atoms with van der Waals surface area (Å²) in [6.45, 7) is 1.88. The second-order valence-corrected chi connectivity index (χ2v) is 9.35. The molecule has 3 rings (SSSR count). The van der Waals surface area contributed by atoms with Crippen LogP contribution in [0.1, 0.15) is 15.2 Å². The average Bonchev–Trinajstić information content (AvgIpc) is 3.05. The van der Waals surface area contributed by atoms with Crippen LogP contribution >= 0.6 is 22.9 Å². The van der Waals surface area contributed by atoms with Crippen molar-refractivity contribution in [3.63, 3.8) is 0 Å². The molecule has 0 saturated heterocycles. The van der Waals surface area contributed by atoms with Gasteiger partial charge in [-0.2, -0.15) is 0 Å². The van der Waals surface area contributed by atoms with Crippen molar-refractivity contribution in [3.05, 3.63) is 70.2 Å². The Morgan fingerprint density at radius 3 is 2.59 bits per heavy atom. The van der Waals surface area contributed by atoms with Gasteiger partial charge < -0.3 is 0 Å². The van der Waals surface area contributed by atoms with Crippen LogP contribution in [0.3, 0.4) is 0 Å². The van der Waals surface area contributed by atoms with Crippen LogP contribution in [0.25, 0.3) is 0 Å². The average molecular weight is 422 g/mol. The maximum absolute atomic E-state index is 12.9. The number of aryl methyl sites for hydroxylation is 1. The number of carbonyl (C=O) groups excluding carboxylic acids is 1. The molecule has 0 radical (unpaired) electrons. The van der Waals surface area contributed by atoms with Crippen LogP contribution in [0.15, 0.2) is 59.6 Å². The number of carbonyl (C=O) groups is 1. The van der Waals surface area contributed by atoms with Gasteiger partial charge >= 0.3 is 0 Å². The molecule has 0 saturated carbocycles. The second kappa shape index (κ2) is 7.67. The molecule has 1 N–H and O–H groups in total. The van der Waals surface area contributed by atoms with Crippen LogP contribution in [-0.4, -0.2) is 26.4 Å². The molecule has 0 bridgehead atoms. The zero-order valence-electron chi connectivity index (χ0n) is 14.5. The van der Waals surface area contributed by atoms with Gasteiger partial charge in [-0.15, -0.1) is 11.3 Å². The van der Waals surface area contributed by atoms with E-state index in [9.17, 15) is 13.2 Å². The normalized spacial score (nSPS) is 11.2. The van der Waals surface area contributed by atoms with Gasteiger partial charge in [0.15, 0.2) is 5.13 Å². The first-order valence-electron chi connectivity index (χ1n) is 7.86. The molecule has 0 aliphatic carbocycles. The molecular formula is C18H16ClN3O3S2. The van der Waals surface area contributed by atoms with Crippen molar-refractivity contribution in [1.82, 2.24) is 4.98 Å². The van der Waals surface area contributed by atoms with E-state index in [1.54, 1.807) is 36.5 Å². The highest BCUT2D eigenvalue weighted by molar-refractivity contribution is 7.92. The molecule has 9 heteroatoms. The molecule has 1 aromatic heterocycles. The summed E-state index contributed by atoms with van der Waals surface area (Å²) in [5, 5.41) is 3.56. The molecule has 6 nitrogen and oxygen atoms in total. The number of nitrogens with one attached hydrogen (secondary N) is 1. The van der Waals surface area contributed by atoms with Gasteiger partial charge in [0, 0.05) is 28.7 Å². The number of nitrogens with zero attached hydrogens (tertiary/aromatic N) is 2. The Hall–Kier alpha value is -2.42. The predicted octanol–water partition coefficient (Wildman–Crippen LogP) is 4.18. The van der Waals surface area contributed by atoms with Crippen molar-refractivity contribution < 1.29 is 13.2 Å². The first kappa shape index (κ1) is 19.3. The van der Waals surface area contributed by atoms with Crippen molar-refractivity contribution in [2.75, 3.05) is 16.7 Å². The third-order valence-corrected chi connectivity index (χ3v) is 6.61. The van der Waals surface area contributed by atoms with Gasteiger partial charge in [-0.1, -0.05) is 23.7 Å². The van der Waals surface area contributed by atoms with E-state index in [1.165, 1.54) is 36.6 Å². The van der Waals surface area contributed by atoms with Crippen LogP contribution < -0.4 is 9.62 Å².